The molecule has 1 aromatic heterocycles. The van der Waals surface area contributed by atoms with Gasteiger partial charge in [0.1, 0.15) is 5.76 Å². The predicted molar refractivity (Wildman–Crippen MR) is 45.8 cm³/mol. The van der Waals surface area contributed by atoms with E-state index >= 15 is 0 Å². The van der Waals surface area contributed by atoms with Crippen molar-refractivity contribution in [3.8, 4) is 0 Å². The van der Waals surface area contributed by atoms with Gasteiger partial charge in [0.05, 0.1) is 12.4 Å². The lowest BCUT2D eigenvalue weighted by atomic mass is 9.97. The molecule has 0 spiro atoms. The largest absolute Gasteiger partial charge is 0.469 e. The van der Waals surface area contributed by atoms with E-state index < -0.39 is 0 Å². The minimum absolute atomic E-state index is 0.293. The zero-order valence-electron chi connectivity index (χ0n) is 7.12. The summed E-state index contributed by atoms with van der Waals surface area (Å²) in [6.45, 7) is 0. The van der Waals surface area contributed by atoms with Crippen molar-refractivity contribution in [1.82, 2.24) is 0 Å². The van der Waals surface area contributed by atoms with E-state index in [9.17, 15) is 5.11 Å². The van der Waals surface area contributed by atoms with Crippen LogP contribution in [0.25, 0.3) is 0 Å². The Morgan fingerprint density at radius 2 is 2.25 bits per heavy atom. The Hall–Kier alpha value is -0.760. The van der Waals surface area contributed by atoms with Crippen molar-refractivity contribution in [2.45, 2.75) is 38.2 Å². The molecule has 12 heavy (non-hydrogen) atoms. The molecular formula is C10H14O2. The van der Waals surface area contributed by atoms with E-state index in [-0.39, 0.29) is 6.10 Å². The smallest absolute Gasteiger partial charge is 0.109 e. The number of furan rings is 1. The highest BCUT2D eigenvalue weighted by Crippen LogP contribution is 2.28. The Balaban J connectivity index is 2.25. The highest BCUT2D eigenvalue weighted by atomic mass is 16.3. The second kappa shape index (κ2) is 3.31. The third-order valence-corrected chi connectivity index (χ3v) is 2.52. The maximum Gasteiger partial charge on any atom is 0.109 e. The minimum Gasteiger partial charge on any atom is -0.469 e. The Morgan fingerprint density at radius 3 is 3.17 bits per heavy atom. The van der Waals surface area contributed by atoms with E-state index in [2.05, 4.69) is 0 Å². The Kier molecular flexibility index (Phi) is 2.17. The van der Waals surface area contributed by atoms with Gasteiger partial charge >= 0.3 is 0 Å². The third kappa shape index (κ3) is 1.39. The summed E-state index contributed by atoms with van der Waals surface area (Å²) in [6, 6.07) is 1.89. The number of aliphatic hydroxyl groups is 1. The molecule has 1 atom stereocenters. The van der Waals surface area contributed by atoms with Gasteiger partial charge in [0, 0.05) is 12.0 Å². The first-order valence-corrected chi connectivity index (χ1v) is 4.62. The van der Waals surface area contributed by atoms with Gasteiger partial charge in [-0.15, -0.1) is 0 Å². The van der Waals surface area contributed by atoms with Gasteiger partial charge in [-0.1, -0.05) is 12.8 Å². The molecule has 2 heteroatoms. The van der Waals surface area contributed by atoms with Gasteiger partial charge in [0.25, 0.3) is 0 Å². The summed E-state index contributed by atoms with van der Waals surface area (Å²) >= 11 is 0. The molecule has 66 valence electrons. The summed E-state index contributed by atoms with van der Waals surface area (Å²) in [5, 5.41) is 9.70. The van der Waals surface area contributed by atoms with Crippen molar-refractivity contribution < 1.29 is 9.52 Å². The first kappa shape index (κ1) is 7.87. The van der Waals surface area contributed by atoms with Crippen molar-refractivity contribution in [2.75, 3.05) is 0 Å². The molecule has 1 aliphatic carbocycles. The van der Waals surface area contributed by atoms with E-state index in [4.69, 9.17) is 4.42 Å². The third-order valence-electron chi connectivity index (χ3n) is 2.52. The average Bonchev–Trinajstić information content (AvgIpc) is 2.47. The van der Waals surface area contributed by atoms with Gasteiger partial charge < -0.3 is 9.52 Å². The molecule has 2 rings (SSSR count). The summed E-state index contributed by atoms with van der Waals surface area (Å²) in [5.41, 5.74) is 1.01. The van der Waals surface area contributed by atoms with Gasteiger partial charge in [-0.25, -0.2) is 0 Å². The van der Waals surface area contributed by atoms with E-state index in [1.165, 1.54) is 12.8 Å². The van der Waals surface area contributed by atoms with Gasteiger partial charge in [-0.2, -0.15) is 0 Å². The zero-order valence-corrected chi connectivity index (χ0v) is 7.12. The van der Waals surface area contributed by atoms with Gasteiger partial charge in [0.2, 0.25) is 0 Å². The van der Waals surface area contributed by atoms with Gasteiger partial charge in [0.15, 0.2) is 0 Å². The lowest BCUT2D eigenvalue weighted by Crippen LogP contribution is -2.02. The molecule has 1 aliphatic rings. The second-order valence-corrected chi connectivity index (χ2v) is 3.41. The zero-order chi connectivity index (χ0) is 8.39. The van der Waals surface area contributed by atoms with Crippen LogP contribution in [0.15, 0.2) is 16.7 Å². The number of rotatable bonds is 0. The quantitative estimate of drug-likeness (QED) is 0.642. The van der Waals surface area contributed by atoms with Crippen LogP contribution in [-0.4, -0.2) is 5.11 Å². The summed E-state index contributed by atoms with van der Waals surface area (Å²) in [7, 11) is 0. The van der Waals surface area contributed by atoms with Crippen LogP contribution in [0.4, 0.5) is 0 Å². The lowest BCUT2D eigenvalue weighted by molar-refractivity contribution is 0.158. The molecule has 0 aromatic carbocycles. The van der Waals surface area contributed by atoms with Gasteiger partial charge in [-0.3, -0.25) is 0 Å². The van der Waals surface area contributed by atoms with Crippen molar-refractivity contribution in [3.05, 3.63) is 23.7 Å². The SMILES string of the molecule is OC1CCCCCc2occc21. The van der Waals surface area contributed by atoms with Crippen molar-refractivity contribution in [3.63, 3.8) is 0 Å². The normalized spacial score (nSPS) is 24.2. The highest BCUT2D eigenvalue weighted by molar-refractivity contribution is 5.20. The molecule has 1 N–H and O–H groups in total. The molecule has 0 saturated heterocycles. The van der Waals surface area contributed by atoms with Crippen molar-refractivity contribution >= 4 is 0 Å². The molecular weight excluding hydrogens is 152 g/mol. The van der Waals surface area contributed by atoms with Crippen LogP contribution in [0.5, 0.6) is 0 Å². The van der Waals surface area contributed by atoms with E-state index in [0.29, 0.717) is 0 Å². The van der Waals surface area contributed by atoms with E-state index in [0.717, 1.165) is 30.6 Å². The maximum atomic E-state index is 9.70. The summed E-state index contributed by atoms with van der Waals surface area (Å²) in [6.07, 6.45) is 6.78. The first-order chi connectivity index (χ1) is 5.88. The van der Waals surface area contributed by atoms with Crippen LogP contribution in [-0.2, 0) is 6.42 Å². The van der Waals surface area contributed by atoms with Crippen LogP contribution < -0.4 is 0 Å². The van der Waals surface area contributed by atoms with Crippen molar-refractivity contribution in [1.29, 1.82) is 0 Å². The fourth-order valence-electron chi connectivity index (χ4n) is 1.81. The monoisotopic (exact) mass is 166 g/mol. The Labute approximate surface area is 72.2 Å². The molecule has 2 nitrogen and oxygen atoms in total. The van der Waals surface area contributed by atoms with Gasteiger partial charge in [-0.05, 0) is 18.9 Å². The number of hydrogen-bond donors (Lipinski definition) is 1. The maximum absolute atomic E-state index is 9.70. The lowest BCUT2D eigenvalue weighted by Gasteiger charge is -2.13. The predicted octanol–water partition coefficient (Wildman–Crippen LogP) is 2.43. The number of aryl methyl sites for hydroxylation is 1. The van der Waals surface area contributed by atoms with Crippen LogP contribution in [0.3, 0.4) is 0 Å². The summed E-state index contributed by atoms with van der Waals surface area (Å²) in [4.78, 5) is 0. The molecule has 0 bridgehead atoms. The topological polar surface area (TPSA) is 33.4 Å². The molecule has 0 amide bonds. The minimum atomic E-state index is -0.293. The molecule has 1 heterocycles. The fraction of sp³-hybridized carbons (Fsp3) is 0.600. The van der Waals surface area contributed by atoms with Crippen molar-refractivity contribution in [2.24, 2.45) is 0 Å². The number of hydrogen-bond acceptors (Lipinski definition) is 2. The van der Waals surface area contributed by atoms with Crippen LogP contribution >= 0.6 is 0 Å². The summed E-state index contributed by atoms with van der Waals surface area (Å²) in [5.74, 6) is 0.988. The average molecular weight is 166 g/mol. The summed E-state index contributed by atoms with van der Waals surface area (Å²) < 4.78 is 5.30. The number of aliphatic hydroxyl groups excluding tert-OH is 1. The molecule has 1 aromatic rings. The molecule has 0 aliphatic heterocycles. The van der Waals surface area contributed by atoms with Crippen LogP contribution in [0, 0.1) is 0 Å². The van der Waals surface area contributed by atoms with E-state index in [1.807, 2.05) is 6.07 Å². The second-order valence-electron chi connectivity index (χ2n) is 3.41. The number of fused-ring (bicyclic) bond motifs is 1. The fourth-order valence-corrected chi connectivity index (χ4v) is 1.81. The first-order valence-electron chi connectivity index (χ1n) is 4.62. The highest BCUT2D eigenvalue weighted by Gasteiger charge is 2.16. The molecule has 0 fully saturated rings. The Morgan fingerprint density at radius 1 is 1.33 bits per heavy atom. The van der Waals surface area contributed by atoms with Crippen LogP contribution in [0.1, 0.15) is 43.1 Å². The van der Waals surface area contributed by atoms with Crippen LogP contribution in [0.2, 0.25) is 0 Å². The van der Waals surface area contributed by atoms with E-state index in [1.54, 1.807) is 6.26 Å². The molecule has 0 radical (unpaired) electrons. The molecule has 0 saturated carbocycles. The standard InChI is InChI=1S/C10H14O2/c11-9-4-2-1-3-5-10-8(9)6-7-12-10/h6-7,9,11H,1-5H2. The Bertz CT molecular complexity index is 252. The molecule has 1 unspecified atom stereocenters.